The number of aliphatic hydroxyl groups excluding tert-OH is 7. The molecule has 3 heterocycles. The number of aromatic nitrogens is 2. The molecule has 2 aliphatic rings. The Morgan fingerprint density at radius 3 is 2.00 bits per heavy atom. The molecule has 0 bridgehead atoms. The van der Waals surface area contributed by atoms with E-state index in [0.29, 0.717) is 19.4 Å². The second-order valence-corrected chi connectivity index (χ2v) is 13.2. The van der Waals surface area contributed by atoms with E-state index in [4.69, 9.17) is 33.7 Å². The predicted molar refractivity (Wildman–Crippen MR) is 188 cm³/mol. The van der Waals surface area contributed by atoms with Crippen LogP contribution in [0, 0.1) is 0 Å². The molecule has 2 aromatic carbocycles. The number of nitrogens with zero attached hydrogens (tertiary/aromatic N) is 3. The third kappa shape index (κ3) is 9.92. The number of unbranched alkanes of at least 4 members (excludes halogenated alkanes) is 1. The third-order valence-electron chi connectivity index (χ3n) is 9.14. The van der Waals surface area contributed by atoms with Gasteiger partial charge in [-0.1, -0.05) is 60.7 Å². The first-order valence-electron chi connectivity index (χ1n) is 17.6. The van der Waals surface area contributed by atoms with Gasteiger partial charge in [-0.3, -0.25) is 4.98 Å². The van der Waals surface area contributed by atoms with E-state index in [1.165, 1.54) is 0 Å². The maximum atomic E-state index is 12.6. The highest BCUT2D eigenvalue weighted by Crippen LogP contribution is 2.32. The molecule has 53 heavy (non-hydrogen) atoms. The van der Waals surface area contributed by atoms with Gasteiger partial charge in [-0.05, 0) is 26.7 Å². The first-order valence-corrected chi connectivity index (χ1v) is 17.6. The molecule has 2 fully saturated rings. The van der Waals surface area contributed by atoms with Gasteiger partial charge in [0.05, 0.1) is 30.8 Å². The number of esters is 1. The zero-order valence-electron chi connectivity index (χ0n) is 29.6. The Balaban J connectivity index is 1.10. The van der Waals surface area contributed by atoms with Crippen LogP contribution in [-0.2, 0) is 28.5 Å². The SMILES string of the molecule is CC(C)N(CCCCOCC(=O)OC1OC(CO)C(OC2OC(CO)C(O)C(O)C2O)C(O)C1O)c1cnc(-c2ccccc2)c(-c2ccccc2)n1. The number of rotatable bonds is 16. The van der Waals surface area contributed by atoms with E-state index >= 15 is 0 Å². The minimum atomic E-state index is -1.84. The van der Waals surface area contributed by atoms with Crippen molar-refractivity contribution in [3.63, 3.8) is 0 Å². The van der Waals surface area contributed by atoms with Gasteiger partial charge in [0.15, 0.2) is 6.29 Å². The van der Waals surface area contributed by atoms with E-state index in [2.05, 4.69) is 18.7 Å². The molecule has 0 saturated carbocycles. The van der Waals surface area contributed by atoms with Crippen LogP contribution in [0.25, 0.3) is 22.5 Å². The number of hydrogen-bond acceptors (Lipinski definition) is 16. The van der Waals surface area contributed by atoms with E-state index in [1.54, 1.807) is 6.20 Å². The quantitative estimate of drug-likeness (QED) is 0.0755. The molecule has 0 aliphatic carbocycles. The predicted octanol–water partition coefficient (Wildman–Crippen LogP) is -0.0105. The maximum Gasteiger partial charge on any atom is 0.334 e. The van der Waals surface area contributed by atoms with Crippen molar-refractivity contribution in [2.24, 2.45) is 0 Å². The van der Waals surface area contributed by atoms with Crippen molar-refractivity contribution in [3.05, 3.63) is 66.9 Å². The summed E-state index contributed by atoms with van der Waals surface area (Å²) in [6, 6.07) is 19.9. The summed E-state index contributed by atoms with van der Waals surface area (Å²) in [5.41, 5.74) is 3.50. The topological polar surface area (TPSA) is 234 Å². The van der Waals surface area contributed by atoms with Gasteiger partial charge in [0.25, 0.3) is 0 Å². The molecule has 2 aliphatic heterocycles. The standard InChI is InChI=1S/C37H49N3O13/c1-21(2)40(26-17-38-28(22-11-5-3-6-12-22)29(39-26)23-13-7-4-8-14-23)15-9-10-16-49-20-27(43)52-36-34(48)32(46)35(25(19-42)51-36)53-37-33(47)31(45)30(44)24(18-41)50-37/h3-8,11-14,17,21,24-25,30-37,41-42,44-48H,9-10,15-16,18-20H2,1-2H3. The van der Waals surface area contributed by atoms with Gasteiger partial charge >= 0.3 is 5.97 Å². The van der Waals surface area contributed by atoms with Crippen molar-refractivity contribution in [3.8, 4) is 22.5 Å². The molecule has 10 unspecified atom stereocenters. The minimum Gasteiger partial charge on any atom is -0.431 e. The molecule has 5 rings (SSSR count). The Bertz CT molecular complexity index is 1570. The first kappa shape index (κ1) is 40.5. The van der Waals surface area contributed by atoms with Crippen LogP contribution in [0.15, 0.2) is 66.9 Å². The molecule has 16 nitrogen and oxygen atoms in total. The minimum absolute atomic E-state index is 0.119. The molecule has 0 amide bonds. The highest BCUT2D eigenvalue weighted by molar-refractivity contribution is 5.78. The molecule has 1 aromatic heterocycles. The average molecular weight is 744 g/mol. The van der Waals surface area contributed by atoms with Crippen LogP contribution in [0.2, 0.25) is 0 Å². The van der Waals surface area contributed by atoms with Crippen molar-refractivity contribution in [2.75, 3.05) is 37.9 Å². The second kappa shape index (κ2) is 19.1. The summed E-state index contributed by atoms with van der Waals surface area (Å²) in [4.78, 5) is 24.6. The van der Waals surface area contributed by atoms with Crippen molar-refractivity contribution in [1.82, 2.24) is 9.97 Å². The third-order valence-corrected chi connectivity index (χ3v) is 9.14. The van der Waals surface area contributed by atoms with Gasteiger partial charge < -0.3 is 64.3 Å². The highest BCUT2D eigenvalue weighted by Gasteiger charge is 2.51. The summed E-state index contributed by atoms with van der Waals surface area (Å²) >= 11 is 0. The average Bonchev–Trinajstić information content (AvgIpc) is 3.17. The molecule has 0 spiro atoms. The zero-order chi connectivity index (χ0) is 38.1. The lowest BCUT2D eigenvalue weighted by Gasteiger charge is -2.45. The number of aliphatic hydroxyl groups is 7. The largest absolute Gasteiger partial charge is 0.431 e. The fourth-order valence-corrected chi connectivity index (χ4v) is 6.22. The lowest BCUT2D eigenvalue weighted by atomic mass is 9.97. The van der Waals surface area contributed by atoms with Crippen molar-refractivity contribution >= 4 is 11.8 Å². The van der Waals surface area contributed by atoms with Crippen molar-refractivity contribution < 1.29 is 64.2 Å². The summed E-state index contributed by atoms with van der Waals surface area (Å²) in [6.45, 7) is 3.06. The fourth-order valence-electron chi connectivity index (χ4n) is 6.22. The van der Waals surface area contributed by atoms with Crippen LogP contribution < -0.4 is 4.90 Å². The summed E-state index contributed by atoms with van der Waals surface area (Å²) in [7, 11) is 0. The molecule has 2 saturated heterocycles. The number of hydrogen-bond donors (Lipinski definition) is 7. The molecule has 16 heteroatoms. The molecule has 3 aromatic rings. The number of anilines is 1. The van der Waals surface area contributed by atoms with Crippen LogP contribution in [0.1, 0.15) is 26.7 Å². The Hall–Kier alpha value is -3.65. The first-order chi connectivity index (χ1) is 25.5. The number of carbonyl (C=O) groups excluding carboxylic acids is 1. The normalized spacial score (nSPS) is 28.9. The lowest BCUT2D eigenvalue weighted by molar-refractivity contribution is -0.356. The van der Waals surface area contributed by atoms with Crippen LogP contribution in [-0.4, -0.2) is 152 Å². The van der Waals surface area contributed by atoms with Crippen LogP contribution in [0.4, 0.5) is 5.82 Å². The summed E-state index contributed by atoms with van der Waals surface area (Å²) < 4.78 is 27.0. The van der Waals surface area contributed by atoms with Gasteiger partial charge in [0.1, 0.15) is 61.3 Å². The monoisotopic (exact) mass is 743 g/mol. The van der Waals surface area contributed by atoms with Gasteiger partial charge in [-0.2, -0.15) is 0 Å². The van der Waals surface area contributed by atoms with Gasteiger partial charge in [0.2, 0.25) is 6.29 Å². The van der Waals surface area contributed by atoms with Gasteiger partial charge in [-0.15, -0.1) is 0 Å². The number of carbonyl (C=O) groups is 1. The van der Waals surface area contributed by atoms with Gasteiger partial charge in [0, 0.05) is 30.3 Å². The molecule has 0 radical (unpaired) electrons. The Morgan fingerprint density at radius 2 is 1.38 bits per heavy atom. The molecular weight excluding hydrogens is 694 g/mol. The van der Waals surface area contributed by atoms with Crippen LogP contribution in [0.5, 0.6) is 0 Å². The van der Waals surface area contributed by atoms with Crippen LogP contribution >= 0.6 is 0 Å². The molecule has 290 valence electrons. The second-order valence-electron chi connectivity index (χ2n) is 13.2. The van der Waals surface area contributed by atoms with E-state index in [-0.39, 0.29) is 12.6 Å². The van der Waals surface area contributed by atoms with Crippen molar-refractivity contribution in [2.45, 2.75) is 94.1 Å². The van der Waals surface area contributed by atoms with E-state index in [9.17, 15) is 40.5 Å². The van der Waals surface area contributed by atoms with E-state index in [0.717, 1.165) is 28.3 Å². The highest BCUT2D eigenvalue weighted by atomic mass is 16.8. The van der Waals surface area contributed by atoms with E-state index < -0.39 is 87.2 Å². The molecular formula is C37H49N3O13. The summed E-state index contributed by atoms with van der Waals surface area (Å²) in [6.07, 6.45) is -13.3. The Morgan fingerprint density at radius 1 is 0.774 bits per heavy atom. The fraction of sp³-hybridized carbons (Fsp3) is 0.541. The van der Waals surface area contributed by atoms with Gasteiger partial charge in [-0.25, -0.2) is 9.78 Å². The summed E-state index contributed by atoms with van der Waals surface area (Å²) in [5, 5.41) is 71.0. The smallest absolute Gasteiger partial charge is 0.334 e. The lowest BCUT2D eigenvalue weighted by Crippen LogP contribution is -2.64. The maximum absolute atomic E-state index is 12.6. The van der Waals surface area contributed by atoms with E-state index in [1.807, 2.05) is 60.7 Å². The Labute approximate surface area is 307 Å². The van der Waals surface area contributed by atoms with Crippen molar-refractivity contribution in [1.29, 1.82) is 0 Å². The zero-order valence-corrected chi connectivity index (χ0v) is 29.6. The summed E-state index contributed by atoms with van der Waals surface area (Å²) in [5.74, 6) is -0.157. The number of benzene rings is 2. The molecule has 7 N–H and O–H groups in total. The number of ether oxygens (including phenoxy) is 5. The molecule has 10 atom stereocenters. The Kier molecular flexibility index (Phi) is 14.6. The van der Waals surface area contributed by atoms with Crippen LogP contribution in [0.3, 0.4) is 0 Å².